The quantitative estimate of drug-likeness (QED) is 0.472. The lowest BCUT2D eigenvalue weighted by Gasteiger charge is -2.18. The van der Waals surface area contributed by atoms with Gasteiger partial charge in [-0.1, -0.05) is 19.1 Å². The maximum absolute atomic E-state index is 12.6. The van der Waals surface area contributed by atoms with Gasteiger partial charge in [0.1, 0.15) is 12.3 Å². The van der Waals surface area contributed by atoms with Crippen LogP contribution in [0.3, 0.4) is 0 Å². The molecule has 0 bridgehead atoms. The maximum atomic E-state index is 12.6. The molecule has 2 heterocycles. The second-order valence-corrected chi connectivity index (χ2v) is 8.25. The fourth-order valence-electron chi connectivity index (χ4n) is 3.45. The minimum atomic E-state index is -0.598. The largest absolute Gasteiger partial charge is 0.462 e. The number of nitrogens with zero attached hydrogens (tertiary/aromatic N) is 2. The molecule has 1 amide bonds. The number of aromatic amines is 1. The first-order chi connectivity index (χ1) is 15.8. The highest BCUT2D eigenvalue weighted by Crippen LogP contribution is 2.29. The van der Waals surface area contributed by atoms with Crippen LogP contribution in [0.25, 0.3) is 0 Å². The van der Waals surface area contributed by atoms with E-state index in [2.05, 4.69) is 16.9 Å². The van der Waals surface area contributed by atoms with Crippen molar-refractivity contribution in [2.75, 3.05) is 11.5 Å². The van der Waals surface area contributed by atoms with Crippen molar-refractivity contribution in [2.45, 2.75) is 47.6 Å². The van der Waals surface area contributed by atoms with Gasteiger partial charge >= 0.3 is 11.9 Å². The van der Waals surface area contributed by atoms with Crippen molar-refractivity contribution in [1.82, 2.24) is 9.97 Å². The summed E-state index contributed by atoms with van der Waals surface area (Å²) in [6.07, 6.45) is 0.911. The summed E-state index contributed by atoms with van der Waals surface area (Å²) in [5, 5.41) is 2.24. The molecule has 3 rings (SSSR count). The van der Waals surface area contributed by atoms with E-state index in [1.807, 2.05) is 24.3 Å². The smallest absolute Gasteiger partial charge is 0.355 e. The molecular weight excluding hydrogens is 442 g/mol. The molecule has 1 N–H and O–H groups in total. The van der Waals surface area contributed by atoms with Crippen molar-refractivity contribution in [1.29, 1.82) is 0 Å². The third-order valence-corrected chi connectivity index (χ3v) is 6.00. The Labute approximate surface area is 196 Å². The number of aromatic nitrogens is 2. The summed E-state index contributed by atoms with van der Waals surface area (Å²) in [6, 6.07) is 7.73. The van der Waals surface area contributed by atoms with Gasteiger partial charge in [-0.05, 0) is 50.5 Å². The Morgan fingerprint density at radius 1 is 1.06 bits per heavy atom. The minimum Gasteiger partial charge on any atom is -0.462 e. The van der Waals surface area contributed by atoms with Crippen molar-refractivity contribution in [3.63, 3.8) is 0 Å². The third-order valence-electron chi connectivity index (χ3n) is 5.12. The van der Waals surface area contributed by atoms with Gasteiger partial charge in [-0.15, -0.1) is 11.3 Å². The predicted octanol–water partition coefficient (Wildman–Crippen LogP) is 4.87. The van der Waals surface area contributed by atoms with Gasteiger partial charge in [0.05, 0.1) is 23.6 Å². The molecule has 0 aliphatic carbocycles. The first-order valence-electron chi connectivity index (χ1n) is 10.6. The van der Waals surface area contributed by atoms with Gasteiger partial charge in [0.15, 0.2) is 5.13 Å². The van der Waals surface area contributed by atoms with Crippen LogP contribution in [0.5, 0.6) is 0 Å². The normalized spacial score (nSPS) is 10.7. The summed E-state index contributed by atoms with van der Waals surface area (Å²) in [4.78, 5) is 46.0. The van der Waals surface area contributed by atoms with Gasteiger partial charge in [-0.25, -0.2) is 14.6 Å². The Morgan fingerprint density at radius 3 is 2.36 bits per heavy atom. The highest BCUT2D eigenvalue weighted by molar-refractivity contribution is 7.14. The van der Waals surface area contributed by atoms with Crippen LogP contribution in [0, 0.1) is 13.8 Å². The zero-order valence-electron chi connectivity index (χ0n) is 19.4. The van der Waals surface area contributed by atoms with E-state index in [0.29, 0.717) is 27.6 Å². The summed E-state index contributed by atoms with van der Waals surface area (Å²) in [5.41, 5.74) is 3.98. The maximum Gasteiger partial charge on any atom is 0.355 e. The summed E-state index contributed by atoms with van der Waals surface area (Å²) in [5.74, 6) is -1.25. The number of H-pyrrole nitrogens is 1. The predicted molar refractivity (Wildman–Crippen MR) is 126 cm³/mol. The van der Waals surface area contributed by atoms with Crippen molar-refractivity contribution >= 4 is 40.0 Å². The van der Waals surface area contributed by atoms with Gasteiger partial charge in [0.2, 0.25) is 5.91 Å². The van der Waals surface area contributed by atoms with Crippen LogP contribution >= 0.6 is 11.3 Å². The molecule has 1 aromatic carbocycles. The minimum absolute atomic E-state index is 0.0674. The molecule has 0 saturated heterocycles. The van der Waals surface area contributed by atoms with Crippen LogP contribution in [0.4, 0.5) is 10.8 Å². The number of nitrogens with one attached hydrogen (secondary N) is 1. The highest BCUT2D eigenvalue weighted by atomic mass is 32.1. The van der Waals surface area contributed by atoms with Crippen LogP contribution in [0.15, 0.2) is 29.6 Å². The van der Waals surface area contributed by atoms with Gasteiger partial charge < -0.3 is 14.5 Å². The fourth-order valence-corrected chi connectivity index (χ4v) is 4.32. The molecule has 174 valence electrons. The Balaban J connectivity index is 1.73. The topological polar surface area (TPSA) is 102 Å². The summed E-state index contributed by atoms with van der Waals surface area (Å²) in [6.45, 7) is 8.82. The first kappa shape index (κ1) is 24.2. The van der Waals surface area contributed by atoms with E-state index in [9.17, 15) is 14.4 Å². The van der Waals surface area contributed by atoms with E-state index >= 15 is 0 Å². The molecule has 0 spiro atoms. The number of anilines is 2. The number of ether oxygens (including phenoxy) is 2. The molecule has 0 aliphatic heterocycles. The number of hydrogen-bond acceptors (Lipinski definition) is 7. The number of thiazole rings is 1. The molecule has 0 atom stereocenters. The van der Waals surface area contributed by atoms with E-state index in [4.69, 9.17) is 9.47 Å². The van der Waals surface area contributed by atoms with Crippen LogP contribution in [-0.2, 0) is 27.3 Å². The number of hydrogen-bond donors (Lipinski definition) is 1. The molecule has 0 radical (unpaired) electrons. The summed E-state index contributed by atoms with van der Waals surface area (Å²) in [7, 11) is 0. The molecule has 8 nitrogen and oxygen atoms in total. The average Bonchev–Trinajstić information content (AvgIpc) is 3.36. The molecule has 0 aliphatic rings. The lowest BCUT2D eigenvalue weighted by Crippen LogP contribution is -2.22. The Bertz CT molecular complexity index is 1160. The van der Waals surface area contributed by atoms with Gasteiger partial charge in [-0.3, -0.25) is 9.69 Å². The number of benzene rings is 1. The van der Waals surface area contributed by atoms with Crippen LogP contribution < -0.4 is 4.90 Å². The van der Waals surface area contributed by atoms with Crippen molar-refractivity contribution in [2.24, 2.45) is 0 Å². The zero-order chi connectivity index (χ0) is 24.1. The molecule has 3 aromatic rings. The summed E-state index contributed by atoms with van der Waals surface area (Å²) < 4.78 is 10.5. The number of aryl methyl sites for hydroxylation is 2. The first-order valence-corrected chi connectivity index (χ1v) is 11.5. The van der Waals surface area contributed by atoms with E-state index in [0.717, 1.165) is 12.1 Å². The van der Waals surface area contributed by atoms with Crippen LogP contribution in [-0.4, -0.2) is 34.4 Å². The van der Waals surface area contributed by atoms with Gasteiger partial charge in [0.25, 0.3) is 0 Å². The number of rotatable bonds is 8. The van der Waals surface area contributed by atoms with Crippen LogP contribution in [0.1, 0.15) is 64.1 Å². The highest BCUT2D eigenvalue weighted by Gasteiger charge is 2.24. The standard InChI is InChI=1S/C24H27N3O5S/c1-6-17-8-10-19(11-9-17)27(16(5)28)24-26-18(13-33-24)12-32-23(30)21-14(3)20(15(4)25-21)22(29)31-7-2/h8-11,13,25H,6-7,12H2,1-5H3. The Hall–Kier alpha value is -3.46. The SMILES string of the molecule is CCOC(=O)c1c(C)[nH]c(C(=O)OCc2csc(N(C(C)=O)c3ccc(CC)cc3)n2)c1C. The number of carbonyl (C=O) groups is 3. The second kappa shape index (κ2) is 10.4. The van der Waals surface area contributed by atoms with Crippen LogP contribution in [0.2, 0.25) is 0 Å². The number of carbonyl (C=O) groups excluding carboxylic acids is 3. The van der Waals surface area contributed by atoms with E-state index in [1.54, 1.807) is 26.2 Å². The molecule has 0 saturated carbocycles. The molecule has 2 aromatic heterocycles. The van der Waals surface area contributed by atoms with E-state index in [-0.39, 0.29) is 24.8 Å². The fraction of sp³-hybridized carbons (Fsp3) is 0.333. The monoisotopic (exact) mass is 469 g/mol. The molecule has 9 heteroatoms. The number of esters is 2. The van der Waals surface area contributed by atoms with E-state index in [1.165, 1.54) is 28.7 Å². The summed E-state index contributed by atoms with van der Waals surface area (Å²) >= 11 is 1.29. The second-order valence-electron chi connectivity index (χ2n) is 7.42. The number of amides is 1. The molecule has 0 unspecified atom stereocenters. The van der Waals surface area contributed by atoms with Crippen molar-refractivity contribution < 1.29 is 23.9 Å². The van der Waals surface area contributed by atoms with E-state index < -0.39 is 11.9 Å². The Kier molecular flexibility index (Phi) is 7.65. The average molecular weight is 470 g/mol. The lowest BCUT2D eigenvalue weighted by molar-refractivity contribution is -0.115. The third kappa shape index (κ3) is 5.31. The molecule has 33 heavy (non-hydrogen) atoms. The molecule has 0 fully saturated rings. The Morgan fingerprint density at radius 2 is 1.76 bits per heavy atom. The molecular formula is C24H27N3O5S. The lowest BCUT2D eigenvalue weighted by atomic mass is 10.1. The zero-order valence-corrected chi connectivity index (χ0v) is 20.2. The van der Waals surface area contributed by atoms with Gasteiger partial charge in [-0.2, -0.15) is 0 Å². The van der Waals surface area contributed by atoms with Crippen molar-refractivity contribution in [3.8, 4) is 0 Å². The van der Waals surface area contributed by atoms with Crippen molar-refractivity contribution in [3.05, 3.63) is 63.4 Å². The van der Waals surface area contributed by atoms with Gasteiger partial charge in [0, 0.05) is 18.0 Å².